The van der Waals surface area contributed by atoms with Crippen molar-refractivity contribution in [1.82, 2.24) is 9.80 Å². The molecule has 1 aromatic rings. The van der Waals surface area contributed by atoms with E-state index >= 15 is 0 Å². The zero-order valence-corrected chi connectivity index (χ0v) is 12.8. The zero-order valence-electron chi connectivity index (χ0n) is 12.8. The maximum absolute atomic E-state index is 13.2. The molecule has 1 aromatic carbocycles. The molecule has 2 fully saturated rings. The molecule has 0 aromatic heterocycles. The number of likely N-dealkylation sites (tertiary alicyclic amines) is 2. The standard InChI is InChI=1S/C17H21FN2O2/c1-19-9-7-17(16(19)22)6-3-8-20(12-17)15(21)11-13-4-2-5-14(18)10-13/h2,4-5,10H,3,6-9,11-12H2,1H3/t17-/m0/s1. The Labute approximate surface area is 129 Å². The summed E-state index contributed by atoms with van der Waals surface area (Å²) >= 11 is 0. The second-order valence-corrected chi connectivity index (χ2v) is 6.48. The van der Waals surface area contributed by atoms with Crippen molar-refractivity contribution in [2.45, 2.75) is 25.7 Å². The first-order valence-corrected chi connectivity index (χ1v) is 7.78. The van der Waals surface area contributed by atoms with Crippen LogP contribution in [0.15, 0.2) is 24.3 Å². The van der Waals surface area contributed by atoms with Gasteiger partial charge in [0.15, 0.2) is 0 Å². The second-order valence-electron chi connectivity index (χ2n) is 6.48. The Morgan fingerprint density at radius 2 is 2.14 bits per heavy atom. The van der Waals surface area contributed by atoms with E-state index in [2.05, 4.69) is 0 Å². The summed E-state index contributed by atoms with van der Waals surface area (Å²) < 4.78 is 13.2. The van der Waals surface area contributed by atoms with E-state index in [0.717, 1.165) is 25.8 Å². The van der Waals surface area contributed by atoms with Gasteiger partial charge in [-0.25, -0.2) is 4.39 Å². The van der Waals surface area contributed by atoms with Crippen molar-refractivity contribution in [3.63, 3.8) is 0 Å². The number of hydrogen-bond donors (Lipinski definition) is 0. The highest BCUT2D eigenvalue weighted by atomic mass is 19.1. The number of amides is 2. The molecule has 2 aliphatic heterocycles. The van der Waals surface area contributed by atoms with Gasteiger partial charge in [0.1, 0.15) is 5.82 Å². The van der Waals surface area contributed by atoms with Gasteiger partial charge in [0.2, 0.25) is 11.8 Å². The van der Waals surface area contributed by atoms with Crippen LogP contribution in [0.5, 0.6) is 0 Å². The summed E-state index contributed by atoms with van der Waals surface area (Å²) in [6, 6.07) is 6.14. The van der Waals surface area contributed by atoms with Crippen LogP contribution >= 0.6 is 0 Å². The van der Waals surface area contributed by atoms with Crippen LogP contribution in [0.2, 0.25) is 0 Å². The molecule has 4 nitrogen and oxygen atoms in total. The lowest BCUT2D eigenvalue weighted by Gasteiger charge is -2.39. The predicted octanol–water partition coefficient (Wildman–Crippen LogP) is 1.84. The molecule has 22 heavy (non-hydrogen) atoms. The van der Waals surface area contributed by atoms with E-state index < -0.39 is 0 Å². The van der Waals surface area contributed by atoms with E-state index in [-0.39, 0.29) is 29.5 Å². The fourth-order valence-corrected chi connectivity index (χ4v) is 3.65. The highest BCUT2D eigenvalue weighted by molar-refractivity contribution is 5.86. The van der Waals surface area contributed by atoms with Gasteiger partial charge in [0, 0.05) is 26.7 Å². The third kappa shape index (κ3) is 2.72. The molecular formula is C17H21FN2O2. The summed E-state index contributed by atoms with van der Waals surface area (Å²) in [5.41, 5.74) is 0.296. The van der Waals surface area contributed by atoms with Crippen LogP contribution in [-0.4, -0.2) is 48.3 Å². The van der Waals surface area contributed by atoms with Gasteiger partial charge in [0.05, 0.1) is 11.8 Å². The number of carbonyl (C=O) groups excluding carboxylic acids is 2. The quantitative estimate of drug-likeness (QED) is 0.836. The zero-order chi connectivity index (χ0) is 15.7. The number of halogens is 1. The lowest BCUT2D eigenvalue weighted by Crippen LogP contribution is -2.49. The van der Waals surface area contributed by atoms with Crippen molar-refractivity contribution < 1.29 is 14.0 Å². The molecule has 5 heteroatoms. The molecule has 2 heterocycles. The Morgan fingerprint density at radius 1 is 1.32 bits per heavy atom. The fourth-order valence-electron chi connectivity index (χ4n) is 3.65. The van der Waals surface area contributed by atoms with Crippen LogP contribution in [-0.2, 0) is 16.0 Å². The first-order valence-electron chi connectivity index (χ1n) is 7.78. The van der Waals surface area contributed by atoms with Gasteiger partial charge < -0.3 is 9.80 Å². The van der Waals surface area contributed by atoms with Gasteiger partial charge >= 0.3 is 0 Å². The van der Waals surface area contributed by atoms with Crippen LogP contribution in [0.1, 0.15) is 24.8 Å². The molecule has 0 N–H and O–H groups in total. The lowest BCUT2D eigenvalue weighted by molar-refractivity contribution is -0.142. The molecule has 2 saturated heterocycles. The SMILES string of the molecule is CN1CC[C@]2(CCCN(C(=O)Cc3cccc(F)c3)C2)C1=O. The molecule has 0 unspecified atom stereocenters. The van der Waals surface area contributed by atoms with Crippen molar-refractivity contribution in [2.75, 3.05) is 26.7 Å². The summed E-state index contributed by atoms with van der Waals surface area (Å²) in [6.07, 6.45) is 2.73. The van der Waals surface area contributed by atoms with Crippen molar-refractivity contribution in [3.8, 4) is 0 Å². The minimum atomic E-state index is -0.384. The first-order chi connectivity index (χ1) is 10.5. The van der Waals surface area contributed by atoms with Crippen molar-refractivity contribution in [2.24, 2.45) is 5.41 Å². The molecule has 2 aliphatic rings. The number of rotatable bonds is 2. The molecule has 1 spiro atoms. The summed E-state index contributed by atoms with van der Waals surface area (Å²) in [4.78, 5) is 28.4. The van der Waals surface area contributed by atoms with Gasteiger partial charge in [-0.05, 0) is 37.0 Å². The Balaban J connectivity index is 1.69. The number of nitrogens with zero attached hydrogens (tertiary/aromatic N) is 2. The maximum atomic E-state index is 13.2. The van der Waals surface area contributed by atoms with Crippen LogP contribution in [0.3, 0.4) is 0 Å². The minimum absolute atomic E-state index is 0.0213. The highest BCUT2D eigenvalue weighted by Gasteiger charge is 2.48. The summed E-state index contributed by atoms with van der Waals surface area (Å²) in [6.45, 7) is 1.96. The van der Waals surface area contributed by atoms with E-state index in [1.807, 2.05) is 7.05 Å². The summed E-state index contributed by atoms with van der Waals surface area (Å²) in [5.74, 6) is -0.184. The van der Waals surface area contributed by atoms with Crippen molar-refractivity contribution in [1.29, 1.82) is 0 Å². The molecule has 3 rings (SSSR count). The smallest absolute Gasteiger partial charge is 0.230 e. The number of carbonyl (C=O) groups is 2. The normalized spacial score (nSPS) is 25.1. The molecular weight excluding hydrogens is 283 g/mol. The molecule has 118 valence electrons. The molecule has 2 amide bonds. The van der Waals surface area contributed by atoms with Gasteiger partial charge in [-0.1, -0.05) is 12.1 Å². The Morgan fingerprint density at radius 3 is 2.82 bits per heavy atom. The monoisotopic (exact) mass is 304 g/mol. The molecule has 0 bridgehead atoms. The average Bonchev–Trinajstić information content (AvgIpc) is 2.76. The van der Waals surface area contributed by atoms with E-state index in [9.17, 15) is 14.0 Å². The summed E-state index contributed by atoms with van der Waals surface area (Å²) in [7, 11) is 1.82. The maximum Gasteiger partial charge on any atom is 0.230 e. The van der Waals surface area contributed by atoms with Gasteiger partial charge in [0.25, 0.3) is 0 Å². The van der Waals surface area contributed by atoms with Crippen molar-refractivity contribution in [3.05, 3.63) is 35.6 Å². The molecule has 0 saturated carbocycles. The second kappa shape index (κ2) is 5.71. The lowest BCUT2D eigenvalue weighted by atomic mass is 9.78. The highest BCUT2D eigenvalue weighted by Crippen LogP contribution is 2.39. The average molecular weight is 304 g/mol. The third-order valence-corrected chi connectivity index (χ3v) is 4.90. The number of hydrogen-bond acceptors (Lipinski definition) is 2. The number of benzene rings is 1. The van der Waals surface area contributed by atoms with Crippen LogP contribution in [0, 0.1) is 11.2 Å². The van der Waals surface area contributed by atoms with Crippen LogP contribution < -0.4 is 0 Å². The summed E-state index contributed by atoms with van der Waals surface area (Å²) in [5, 5.41) is 0. The molecule has 0 aliphatic carbocycles. The minimum Gasteiger partial charge on any atom is -0.345 e. The van der Waals surface area contributed by atoms with E-state index in [0.29, 0.717) is 18.7 Å². The molecule has 1 atom stereocenters. The molecule has 0 radical (unpaired) electrons. The fraction of sp³-hybridized carbons (Fsp3) is 0.529. The van der Waals surface area contributed by atoms with Crippen molar-refractivity contribution >= 4 is 11.8 Å². The number of piperidine rings is 1. The van der Waals surface area contributed by atoms with E-state index in [1.165, 1.54) is 12.1 Å². The van der Waals surface area contributed by atoms with Gasteiger partial charge in [-0.15, -0.1) is 0 Å². The van der Waals surface area contributed by atoms with E-state index in [1.54, 1.807) is 21.9 Å². The Bertz CT molecular complexity index is 600. The Kier molecular flexibility index (Phi) is 3.89. The van der Waals surface area contributed by atoms with Crippen LogP contribution in [0.4, 0.5) is 4.39 Å². The van der Waals surface area contributed by atoms with Gasteiger partial charge in [-0.2, -0.15) is 0 Å². The van der Waals surface area contributed by atoms with Gasteiger partial charge in [-0.3, -0.25) is 9.59 Å². The Hall–Kier alpha value is -1.91. The topological polar surface area (TPSA) is 40.6 Å². The predicted molar refractivity (Wildman–Crippen MR) is 80.6 cm³/mol. The largest absolute Gasteiger partial charge is 0.345 e. The van der Waals surface area contributed by atoms with E-state index in [4.69, 9.17) is 0 Å². The van der Waals surface area contributed by atoms with Crippen LogP contribution in [0.25, 0.3) is 0 Å². The first kappa shape index (κ1) is 15.0. The third-order valence-electron chi connectivity index (χ3n) is 4.90.